The first kappa shape index (κ1) is 15.9. The van der Waals surface area contributed by atoms with Gasteiger partial charge in [-0.3, -0.25) is 0 Å². The van der Waals surface area contributed by atoms with E-state index in [1.54, 1.807) is 0 Å². The van der Waals surface area contributed by atoms with Gasteiger partial charge in [0.2, 0.25) is 0 Å². The van der Waals surface area contributed by atoms with Gasteiger partial charge in [0.1, 0.15) is 0 Å². The predicted molar refractivity (Wildman–Crippen MR) is 71.9 cm³/mol. The molecule has 0 saturated heterocycles. The molecule has 0 spiro atoms. The molecule has 1 N–H and O–H groups in total. The van der Waals surface area contributed by atoms with Crippen molar-refractivity contribution in [2.75, 3.05) is 19.7 Å². The highest BCUT2D eigenvalue weighted by molar-refractivity contribution is 4.75. The lowest BCUT2D eigenvalue weighted by Crippen LogP contribution is -2.34. The van der Waals surface area contributed by atoms with E-state index in [0.717, 1.165) is 26.1 Å². The molecule has 0 aliphatic rings. The van der Waals surface area contributed by atoms with Crippen LogP contribution in [0.2, 0.25) is 0 Å². The van der Waals surface area contributed by atoms with E-state index in [2.05, 4.69) is 46.9 Å². The molecule has 0 heterocycles. The Bertz CT molecular complexity index is 174. The zero-order valence-electron chi connectivity index (χ0n) is 12.2. The first-order chi connectivity index (χ1) is 7.33. The van der Waals surface area contributed by atoms with Crippen molar-refractivity contribution in [2.45, 2.75) is 66.4 Å². The van der Waals surface area contributed by atoms with Gasteiger partial charge in [0, 0.05) is 13.2 Å². The molecule has 0 amide bonds. The summed E-state index contributed by atoms with van der Waals surface area (Å²) in [4.78, 5) is 0. The van der Waals surface area contributed by atoms with E-state index in [9.17, 15) is 0 Å². The average molecular weight is 229 g/mol. The van der Waals surface area contributed by atoms with Crippen molar-refractivity contribution in [3.63, 3.8) is 0 Å². The average Bonchev–Trinajstić information content (AvgIpc) is 2.16. The van der Waals surface area contributed by atoms with Gasteiger partial charge in [-0.2, -0.15) is 0 Å². The topological polar surface area (TPSA) is 21.3 Å². The summed E-state index contributed by atoms with van der Waals surface area (Å²) in [5.41, 5.74) is 0.367. The Morgan fingerprint density at radius 2 is 1.69 bits per heavy atom. The Hall–Kier alpha value is -0.0800. The highest BCUT2D eigenvalue weighted by Crippen LogP contribution is 2.25. The summed E-state index contributed by atoms with van der Waals surface area (Å²) in [6, 6.07) is 0. The van der Waals surface area contributed by atoms with E-state index in [1.807, 2.05) is 0 Å². The van der Waals surface area contributed by atoms with Crippen LogP contribution in [0.25, 0.3) is 0 Å². The second kappa shape index (κ2) is 7.29. The second-order valence-electron chi connectivity index (χ2n) is 6.05. The van der Waals surface area contributed by atoms with E-state index in [1.165, 1.54) is 12.8 Å². The minimum absolute atomic E-state index is 0.00843. The van der Waals surface area contributed by atoms with Crippen molar-refractivity contribution < 1.29 is 4.74 Å². The van der Waals surface area contributed by atoms with Crippen LogP contribution in [0.5, 0.6) is 0 Å². The van der Waals surface area contributed by atoms with Crippen LogP contribution in [-0.2, 0) is 4.74 Å². The van der Waals surface area contributed by atoms with Crippen LogP contribution in [0.4, 0.5) is 0 Å². The first-order valence-corrected chi connectivity index (χ1v) is 6.67. The molecule has 0 bridgehead atoms. The van der Waals surface area contributed by atoms with Gasteiger partial charge in [0.15, 0.2) is 0 Å². The molecule has 0 fully saturated rings. The quantitative estimate of drug-likeness (QED) is 0.642. The van der Waals surface area contributed by atoms with Gasteiger partial charge in [0.25, 0.3) is 0 Å². The Morgan fingerprint density at radius 3 is 2.12 bits per heavy atom. The summed E-state index contributed by atoms with van der Waals surface area (Å²) in [7, 11) is 0. The summed E-state index contributed by atoms with van der Waals surface area (Å²) in [6.07, 6.45) is 3.55. The molecule has 0 aromatic heterocycles. The molecular formula is C14H31NO. The smallest absolute Gasteiger partial charge is 0.0598 e. The molecule has 98 valence electrons. The molecule has 2 heteroatoms. The van der Waals surface area contributed by atoms with Gasteiger partial charge < -0.3 is 10.1 Å². The number of hydrogen-bond acceptors (Lipinski definition) is 2. The molecule has 0 saturated carbocycles. The number of hydrogen-bond donors (Lipinski definition) is 1. The molecule has 1 unspecified atom stereocenters. The maximum Gasteiger partial charge on any atom is 0.0598 e. The zero-order chi connectivity index (χ0) is 12.7. The van der Waals surface area contributed by atoms with Gasteiger partial charge in [-0.25, -0.2) is 0 Å². The first-order valence-electron chi connectivity index (χ1n) is 6.67. The molecule has 0 aromatic rings. The largest absolute Gasteiger partial charge is 0.376 e. The fourth-order valence-corrected chi connectivity index (χ4v) is 1.56. The van der Waals surface area contributed by atoms with Gasteiger partial charge in [-0.1, -0.05) is 20.8 Å². The van der Waals surface area contributed by atoms with E-state index in [4.69, 9.17) is 4.74 Å². The van der Waals surface area contributed by atoms with Gasteiger partial charge >= 0.3 is 0 Å². The maximum atomic E-state index is 5.81. The lowest BCUT2D eigenvalue weighted by atomic mass is 9.84. The van der Waals surface area contributed by atoms with Crippen LogP contribution in [0.3, 0.4) is 0 Å². The summed E-state index contributed by atoms with van der Waals surface area (Å²) in [5, 5.41) is 3.52. The Kier molecular flexibility index (Phi) is 7.25. The van der Waals surface area contributed by atoms with Crippen molar-refractivity contribution in [2.24, 2.45) is 5.41 Å². The van der Waals surface area contributed by atoms with Crippen molar-refractivity contribution in [3.8, 4) is 0 Å². The second-order valence-corrected chi connectivity index (χ2v) is 6.05. The molecule has 0 radical (unpaired) electrons. The fraction of sp³-hybridized carbons (Fsp3) is 1.00. The third-order valence-corrected chi connectivity index (χ3v) is 3.07. The lowest BCUT2D eigenvalue weighted by Gasteiger charge is -2.30. The number of ether oxygens (including phenoxy) is 1. The van der Waals surface area contributed by atoms with Crippen molar-refractivity contribution in [3.05, 3.63) is 0 Å². The van der Waals surface area contributed by atoms with E-state index in [0.29, 0.717) is 5.41 Å². The molecule has 0 aliphatic heterocycles. The van der Waals surface area contributed by atoms with Crippen LogP contribution in [0.1, 0.15) is 60.8 Å². The highest BCUT2D eigenvalue weighted by atomic mass is 16.5. The SMILES string of the molecule is CCCNCC(C)(CC)CCOC(C)(C)C. The predicted octanol–water partition coefficient (Wildman–Crippen LogP) is 3.61. The van der Waals surface area contributed by atoms with Crippen LogP contribution in [0.15, 0.2) is 0 Å². The molecule has 0 rings (SSSR count). The summed E-state index contributed by atoms with van der Waals surface area (Å²) >= 11 is 0. The summed E-state index contributed by atoms with van der Waals surface area (Å²) < 4.78 is 5.81. The molecular weight excluding hydrogens is 198 g/mol. The molecule has 1 atom stereocenters. The van der Waals surface area contributed by atoms with Crippen LogP contribution >= 0.6 is 0 Å². The highest BCUT2D eigenvalue weighted by Gasteiger charge is 2.22. The van der Waals surface area contributed by atoms with Crippen molar-refractivity contribution >= 4 is 0 Å². The Morgan fingerprint density at radius 1 is 1.06 bits per heavy atom. The van der Waals surface area contributed by atoms with Crippen molar-refractivity contribution in [1.82, 2.24) is 5.32 Å². The number of rotatable bonds is 8. The van der Waals surface area contributed by atoms with Gasteiger partial charge in [-0.15, -0.1) is 0 Å². The summed E-state index contributed by atoms with van der Waals surface area (Å²) in [6.45, 7) is 16.3. The third kappa shape index (κ3) is 8.12. The minimum atomic E-state index is -0.00843. The molecule has 0 aliphatic carbocycles. The molecule has 2 nitrogen and oxygen atoms in total. The van der Waals surface area contributed by atoms with E-state index < -0.39 is 0 Å². The Labute approximate surface area is 102 Å². The number of nitrogens with one attached hydrogen (secondary N) is 1. The monoisotopic (exact) mass is 229 g/mol. The Balaban J connectivity index is 3.87. The van der Waals surface area contributed by atoms with Gasteiger partial charge in [-0.05, 0) is 52.0 Å². The van der Waals surface area contributed by atoms with E-state index in [-0.39, 0.29) is 5.60 Å². The third-order valence-electron chi connectivity index (χ3n) is 3.07. The maximum absolute atomic E-state index is 5.81. The molecule has 16 heavy (non-hydrogen) atoms. The fourth-order valence-electron chi connectivity index (χ4n) is 1.56. The van der Waals surface area contributed by atoms with Gasteiger partial charge in [0.05, 0.1) is 5.60 Å². The standard InChI is InChI=1S/C14H31NO/c1-7-10-15-12-14(6,8-2)9-11-16-13(3,4)5/h15H,7-12H2,1-6H3. The lowest BCUT2D eigenvalue weighted by molar-refractivity contribution is -0.0174. The van der Waals surface area contributed by atoms with Crippen LogP contribution < -0.4 is 5.32 Å². The normalized spacial score (nSPS) is 16.1. The van der Waals surface area contributed by atoms with Crippen LogP contribution in [0, 0.1) is 5.41 Å². The van der Waals surface area contributed by atoms with E-state index >= 15 is 0 Å². The van der Waals surface area contributed by atoms with Crippen molar-refractivity contribution in [1.29, 1.82) is 0 Å². The molecule has 0 aromatic carbocycles. The zero-order valence-corrected chi connectivity index (χ0v) is 12.2. The minimum Gasteiger partial charge on any atom is -0.376 e. The van der Waals surface area contributed by atoms with Crippen LogP contribution in [-0.4, -0.2) is 25.3 Å². The summed E-state index contributed by atoms with van der Waals surface area (Å²) in [5.74, 6) is 0.